The number of benzene rings is 1. The highest BCUT2D eigenvalue weighted by Gasteiger charge is 2.15. The molecule has 0 atom stereocenters. The van der Waals surface area contributed by atoms with Crippen molar-refractivity contribution in [2.45, 2.75) is 13.8 Å². The van der Waals surface area contributed by atoms with E-state index in [4.69, 9.17) is 16.9 Å². The molecule has 1 aromatic heterocycles. The summed E-state index contributed by atoms with van der Waals surface area (Å²) < 4.78 is 1.56. The van der Waals surface area contributed by atoms with Crippen LogP contribution in [-0.2, 0) is 0 Å². The molecule has 0 aliphatic rings. The van der Waals surface area contributed by atoms with E-state index in [2.05, 4.69) is 11.2 Å². The Bertz CT molecular complexity index is 667. The summed E-state index contributed by atoms with van der Waals surface area (Å²) in [6.07, 6.45) is 1.50. The number of aromatic nitrogens is 2. The smallest absolute Gasteiger partial charge is 0.163 e. The molecular weight excluding hydrogens is 250 g/mol. The second-order valence-corrected chi connectivity index (χ2v) is 4.26. The summed E-state index contributed by atoms with van der Waals surface area (Å²) in [5.74, 6) is -0.0562. The van der Waals surface area contributed by atoms with Crippen molar-refractivity contribution in [1.29, 1.82) is 5.26 Å². The maximum atomic E-state index is 11.4. The highest BCUT2D eigenvalue weighted by molar-refractivity contribution is 6.32. The molecule has 1 heterocycles. The van der Waals surface area contributed by atoms with Crippen molar-refractivity contribution >= 4 is 17.4 Å². The minimum absolute atomic E-state index is 0.0562. The van der Waals surface area contributed by atoms with Crippen LogP contribution < -0.4 is 0 Å². The van der Waals surface area contributed by atoms with Crippen molar-refractivity contribution in [3.05, 3.63) is 46.2 Å². The zero-order chi connectivity index (χ0) is 13.3. The molecule has 0 aliphatic heterocycles. The molecule has 0 unspecified atom stereocenters. The van der Waals surface area contributed by atoms with E-state index in [0.29, 0.717) is 27.5 Å². The van der Waals surface area contributed by atoms with Crippen molar-refractivity contribution in [3.8, 4) is 11.8 Å². The number of carbonyl (C=O) groups is 1. The molecule has 2 rings (SSSR count). The number of Topliss-reactive ketones (excluding diaryl/α,β-unsaturated/α-hetero) is 1. The van der Waals surface area contributed by atoms with Crippen LogP contribution >= 0.6 is 11.6 Å². The second-order valence-electron chi connectivity index (χ2n) is 3.86. The fourth-order valence-corrected chi connectivity index (χ4v) is 2.01. The van der Waals surface area contributed by atoms with Gasteiger partial charge in [0.1, 0.15) is 6.07 Å². The van der Waals surface area contributed by atoms with E-state index < -0.39 is 0 Å². The molecule has 2 aromatic rings. The first-order valence-corrected chi connectivity index (χ1v) is 5.68. The predicted molar refractivity (Wildman–Crippen MR) is 68.0 cm³/mol. The number of halogens is 1. The van der Waals surface area contributed by atoms with Crippen molar-refractivity contribution in [3.63, 3.8) is 0 Å². The van der Waals surface area contributed by atoms with Gasteiger partial charge in [-0.25, -0.2) is 4.68 Å². The van der Waals surface area contributed by atoms with Crippen LogP contribution in [0.5, 0.6) is 0 Å². The highest BCUT2D eigenvalue weighted by Crippen LogP contribution is 2.24. The summed E-state index contributed by atoms with van der Waals surface area (Å²) in [6, 6.07) is 7.19. The first-order valence-electron chi connectivity index (χ1n) is 5.30. The van der Waals surface area contributed by atoms with Gasteiger partial charge in [-0.1, -0.05) is 17.7 Å². The fraction of sp³-hybridized carbons (Fsp3) is 0.154. The number of rotatable bonds is 2. The molecule has 0 amide bonds. The lowest BCUT2D eigenvalue weighted by atomic mass is 10.1. The Labute approximate surface area is 109 Å². The minimum atomic E-state index is -0.0562. The molecule has 0 aliphatic carbocycles. The molecule has 0 fully saturated rings. The van der Waals surface area contributed by atoms with Crippen LogP contribution in [-0.4, -0.2) is 15.6 Å². The lowest BCUT2D eigenvalue weighted by Crippen LogP contribution is -2.03. The average molecular weight is 260 g/mol. The van der Waals surface area contributed by atoms with Crippen LogP contribution in [0.3, 0.4) is 0 Å². The Balaban J connectivity index is 2.68. The van der Waals surface area contributed by atoms with E-state index in [1.807, 2.05) is 0 Å². The molecule has 1 aromatic carbocycles. The van der Waals surface area contributed by atoms with E-state index in [-0.39, 0.29) is 5.78 Å². The van der Waals surface area contributed by atoms with Crippen molar-refractivity contribution in [2.24, 2.45) is 0 Å². The Kier molecular flexibility index (Phi) is 3.17. The predicted octanol–water partition coefficient (Wildman–Crippen LogP) is 2.91. The molecule has 4 nitrogen and oxygen atoms in total. The van der Waals surface area contributed by atoms with Crippen LogP contribution in [0.4, 0.5) is 0 Å². The number of hydrogen-bond donors (Lipinski definition) is 0. The first-order chi connectivity index (χ1) is 8.56. The van der Waals surface area contributed by atoms with E-state index in [0.717, 1.165) is 0 Å². The first kappa shape index (κ1) is 12.3. The lowest BCUT2D eigenvalue weighted by molar-refractivity contribution is 0.101. The molecule has 5 heteroatoms. The van der Waals surface area contributed by atoms with Gasteiger partial charge in [0.25, 0.3) is 0 Å². The Morgan fingerprint density at radius 1 is 1.50 bits per heavy atom. The third kappa shape index (κ3) is 1.89. The third-order valence-electron chi connectivity index (χ3n) is 2.72. The second kappa shape index (κ2) is 4.63. The fourth-order valence-electron chi connectivity index (χ4n) is 1.80. The van der Waals surface area contributed by atoms with E-state index in [1.165, 1.54) is 13.1 Å². The lowest BCUT2D eigenvalue weighted by Gasteiger charge is -2.07. The SMILES string of the molecule is CC(=O)c1cnn(-c2cccc(Cl)c2C#N)c1C. The van der Waals surface area contributed by atoms with Crippen LogP contribution in [0, 0.1) is 18.3 Å². The molecule has 0 saturated carbocycles. The van der Waals surface area contributed by atoms with Gasteiger partial charge < -0.3 is 0 Å². The Morgan fingerprint density at radius 2 is 2.22 bits per heavy atom. The number of hydrogen-bond acceptors (Lipinski definition) is 3. The highest BCUT2D eigenvalue weighted by atomic mass is 35.5. The Morgan fingerprint density at radius 3 is 2.78 bits per heavy atom. The summed E-state index contributed by atoms with van der Waals surface area (Å²) in [4.78, 5) is 11.4. The van der Waals surface area contributed by atoms with Crippen LogP contribution in [0.25, 0.3) is 5.69 Å². The van der Waals surface area contributed by atoms with Crippen LogP contribution in [0.1, 0.15) is 28.5 Å². The molecular formula is C13H10ClN3O. The molecule has 18 heavy (non-hydrogen) atoms. The van der Waals surface area contributed by atoms with Gasteiger partial charge in [-0.05, 0) is 26.0 Å². The third-order valence-corrected chi connectivity index (χ3v) is 3.04. The summed E-state index contributed by atoms with van der Waals surface area (Å²) in [6.45, 7) is 3.27. The average Bonchev–Trinajstić information content (AvgIpc) is 2.70. The number of ketones is 1. The molecule has 0 N–H and O–H groups in total. The molecule has 0 spiro atoms. The van der Waals surface area contributed by atoms with E-state index >= 15 is 0 Å². The molecule has 0 bridgehead atoms. The zero-order valence-corrected chi connectivity index (χ0v) is 10.7. The van der Waals surface area contributed by atoms with Gasteiger partial charge >= 0.3 is 0 Å². The van der Waals surface area contributed by atoms with Gasteiger partial charge in [-0.2, -0.15) is 10.4 Å². The van der Waals surface area contributed by atoms with Gasteiger partial charge in [0.05, 0.1) is 33.7 Å². The van der Waals surface area contributed by atoms with Crippen molar-refractivity contribution < 1.29 is 4.79 Å². The largest absolute Gasteiger partial charge is 0.294 e. The number of nitrogens with zero attached hydrogens (tertiary/aromatic N) is 3. The number of nitriles is 1. The minimum Gasteiger partial charge on any atom is -0.294 e. The quantitative estimate of drug-likeness (QED) is 0.779. The van der Waals surface area contributed by atoms with Gasteiger partial charge in [0, 0.05) is 0 Å². The van der Waals surface area contributed by atoms with Crippen LogP contribution in [0.2, 0.25) is 5.02 Å². The van der Waals surface area contributed by atoms with Gasteiger partial charge in [-0.3, -0.25) is 4.79 Å². The normalized spacial score (nSPS) is 10.1. The van der Waals surface area contributed by atoms with Gasteiger partial charge in [-0.15, -0.1) is 0 Å². The molecule has 90 valence electrons. The topological polar surface area (TPSA) is 58.7 Å². The monoisotopic (exact) mass is 259 g/mol. The molecule has 0 saturated heterocycles. The van der Waals surface area contributed by atoms with Gasteiger partial charge in [0.2, 0.25) is 0 Å². The number of carbonyl (C=O) groups excluding carboxylic acids is 1. The maximum absolute atomic E-state index is 11.4. The van der Waals surface area contributed by atoms with E-state index in [9.17, 15) is 4.79 Å². The van der Waals surface area contributed by atoms with Gasteiger partial charge in [0.15, 0.2) is 5.78 Å². The van der Waals surface area contributed by atoms with Crippen molar-refractivity contribution in [1.82, 2.24) is 9.78 Å². The summed E-state index contributed by atoms with van der Waals surface area (Å²) in [5.41, 5.74) is 2.16. The Hall–Kier alpha value is -2.12. The van der Waals surface area contributed by atoms with Crippen molar-refractivity contribution in [2.75, 3.05) is 0 Å². The summed E-state index contributed by atoms with van der Waals surface area (Å²) in [5, 5.41) is 13.6. The zero-order valence-electron chi connectivity index (χ0n) is 9.94. The summed E-state index contributed by atoms with van der Waals surface area (Å²) in [7, 11) is 0. The van der Waals surface area contributed by atoms with Crippen LogP contribution in [0.15, 0.2) is 24.4 Å². The summed E-state index contributed by atoms with van der Waals surface area (Å²) >= 11 is 5.97. The van der Waals surface area contributed by atoms with E-state index in [1.54, 1.807) is 29.8 Å². The maximum Gasteiger partial charge on any atom is 0.163 e. The standard InChI is InChI=1S/C13H10ClN3O/c1-8-11(9(2)18)7-16-17(8)13-5-3-4-12(14)10(13)6-15/h3-5,7H,1-2H3. The molecule has 0 radical (unpaired) electrons.